The number of benzene rings is 1. The molecule has 0 saturated carbocycles. The minimum absolute atomic E-state index is 0. The number of hydrogen-bond donors (Lipinski definition) is 1. The average Bonchev–Trinajstić information content (AvgIpc) is 3.14. The van der Waals surface area contributed by atoms with Gasteiger partial charge in [0.1, 0.15) is 0 Å². The number of methoxy groups -OCH3 is 1. The highest BCUT2D eigenvalue weighted by atomic mass is 127. The summed E-state index contributed by atoms with van der Waals surface area (Å²) in [7, 11) is 1.44. The first kappa shape index (κ1) is 22.7. The van der Waals surface area contributed by atoms with E-state index in [0.29, 0.717) is 12.3 Å². The van der Waals surface area contributed by atoms with Gasteiger partial charge in [-0.05, 0) is 31.7 Å². The van der Waals surface area contributed by atoms with E-state index in [1.54, 1.807) is 0 Å². The number of unbranched alkanes of at least 4 members (excludes halogenated alkanes) is 2. The number of carbonyl (C=O) groups excluding carboxylic acids is 1. The fourth-order valence-electron chi connectivity index (χ4n) is 3.22. The lowest BCUT2D eigenvalue weighted by Gasteiger charge is -2.21. The second-order valence-electron chi connectivity index (χ2n) is 6.46. The number of nitrogens with zero attached hydrogens (tertiary/aromatic N) is 2. The summed E-state index contributed by atoms with van der Waals surface area (Å²) in [6.07, 6.45) is 4.56. The minimum atomic E-state index is -0.124. The van der Waals surface area contributed by atoms with Gasteiger partial charge in [0.2, 0.25) is 0 Å². The molecule has 2 rings (SSSR count). The molecule has 1 unspecified atom stereocenters. The Balaban J connectivity index is 0.00000338. The summed E-state index contributed by atoms with van der Waals surface area (Å²) in [5.41, 5.74) is 1.42. The second kappa shape index (κ2) is 12.9. The number of carbonyl (C=O) groups is 1. The highest BCUT2D eigenvalue weighted by Gasteiger charge is 2.25. The lowest BCUT2D eigenvalue weighted by Crippen LogP contribution is -2.40. The normalized spacial score (nSPS) is 16.9. The molecule has 1 aromatic rings. The Labute approximate surface area is 174 Å². The van der Waals surface area contributed by atoms with Gasteiger partial charge in [-0.1, -0.05) is 36.8 Å². The Kier molecular flexibility index (Phi) is 11.3. The van der Waals surface area contributed by atoms with E-state index in [1.807, 2.05) is 0 Å². The molecule has 1 atom stereocenters. The molecule has 1 aliphatic heterocycles. The molecule has 1 N–H and O–H groups in total. The number of halogens is 1. The van der Waals surface area contributed by atoms with Crippen LogP contribution in [-0.2, 0) is 9.53 Å². The van der Waals surface area contributed by atoms with E-state index in [9.17, 15) is 4.79 Å². The number of likely N-dealkylation sites (tertiary alicyclic amines) is 1. The fourth-order valence-corrected chi connectivity index (χ4v) is 3.22. The predicted octanol–water partition coefficient (Wildman–Crippen LogP) is 3.79. The SMILES string of the molecule is CCNC(=NCCCCCC(=O)OC)N1CCC(c2ccccc2)C1.I. The lowest BCUT2D eigenvalue weighted by molar-refractivity contribution is -0.140. The van der Waals surface area contributed by atoms with Crippen molar-refractivity contribution in [2.75, 3.05) is 33.3 Å². The van der Waals surface area contributed by atoms with Crippen LogP contribution >= 0.6 is 24.0 Å². The molecule has 1 heterocycles. The smallest absolute Gasteiger partial charge is 0.305 e. The van der Waals surface area contributed by atoms with E-state index in [0.717, 1.165) is 51.4 Å². The van der Waals surface area contributed by atoms with Gasteiger partial charge in [0.15, 0.2) is 5.96 Å². The molecule has 0 aliphatic carbocycles. The third-order valence-corrected chi connectivity index (χ3v) is 4.62. The van der Waals surface area contributed by atoms with Crippen LogP contribution in [0.5, 0.6) is 0 Å². The second-order valence-corrected chi connectivity index (χ2v) is 6.46. The number of esters is 1. The average molecular weight is 473 g/mol. The zero-order valence-electron chi connectivity index (χ0n) is 15.9. The van der Waals surface area contributed by atoms with Crippen LogP contribution in [0, 0.1) is 0 Å². The van der Waals surface area contributed by atoms with E-state index in [4.69, 9.17) is 4.99 Å². The highest BCUT2D eigenvalue weighted by molar-refractivity contribution is 14.0. The molecule has 5 nitrogen and oxygen atoms in total. The van der Waals surface area contributed by atoms with Crippen molar-refractivity contribution in [1.29, 1.82) is 0 Å². The summed E-state index contributed by atoms with van der Waals surface area (Å²) in [6.45, 7) is 5.87. The summed E-state index contributed by atoms with van der Waals surface area (Å²) < 4.78 is 4.66. The molecule has 146 valence electrons. The van der Waals surface area contributed by atoms with Gasteiger partial charge < -0.3 is 15.0 Å². The molecule has 1 aromatic carbocycles. The van der Waals surface area contributed by atoms with Crippen molar-refractivity contribution in [1.82, 2.24) is 10.2 Å². The van der Waals surface area contributed by atoms with Crippen molar-refractivity contribution in [3.8, 4) is 0 Å². The van der Waals surface area contributed by atoms with Gasteiger partial charge in [0.05, 0.1) is 7.11 Å². The first-order valence-electron chi connectivity index (χ1n) is 9.39. The molecule has 6 heteroatoms. The maximum absolute atomic E-state index is 11.1. The lowest BCUT2D eigenvalue weighted by atomic mass is 9.99. The highest BCUT2D eigenvalue weighted by Crippen LogP contribution is 2.26. The summed E-state index contributed by atoms with van der Waals surface area (Å²) in [5, 5.41) is 3.42. The van der Waals surface area contributed by atoms with Crippen LogP contribution in [0.2, 0.25) is 0 Å². The van der Waals surface area contributed by atoms with Gasteiger partial charge in [-0.2, -0.15) is 0 Å². The van der Waals surface area contributed by atoms with Crippen LogP contribution < -0.4 is 5.32 Å². The van der Waals surface area contributed by atoms with Gasteiger partial charge in [0.25, 0.3) is 0 Å². The third kappa shape index (κ3) is 7.51. The molecule has 1 saturated heterocycles. The zero-order chi connectivity index (χ0) is 17.9. The van der Waals surface area contributed by atoms with E-state index in [1.165, 1.54) is 19.1 Å². The Bertz CT molecular complexity index is 551. The van der Waals surface area contributed by atoms with Gasteiger partial charge in [0, 0.05) is 38.5 Å². The van der Waals surface area contributed by atoms with E-state index in [2.05, 4.69) is 52.2 Å². The van der Waals surface area contributed by atoms with Crippen LogP contribution in [0.1, 0.15) is 50.5 Å². The van der Waals surface area contributed by atoms with Crippen molar-refractivity contribution in [3.63, 3.8) is 0 Å². The Morgan fingerprint density at radius 1 is 1.27 bits per heavy atom. The maximum atomic E-state index is 11.1. The molecule has 0 spiro atoms. The summed E-state index contributed by atoms with van der Waals surface area (Å²) >= 11 is 0. The molecule has 0 aromatic heterocycles. The fraction of sp³-hybridized carbons (Fsp3) is 0.600. The van der Waals surface area contributed by atoms with Crippen LogP contribution in [0.3, 0.4) is 0 Å². The molecule has 0 amide bonds. The van der Waals surface area contributed by atoms with E-state index < -0.39 is 0 Å². The zero-order valence-corrected chi connectivity index (χ0v) is 18.3. The first-order chi connectivity index (χ1) is 12.2. The Hall–Kier alpha value is -1.31. The van der Waals surface area contributed by atoms with E-state index in [-0.39, 0.29) is 29.9 Å². The van der Waals surface area contributed by atoms with Gasteiger partial charge in [-0.25, -0.2) is 0 Å². The Morgan fingerprint density at radius 2 is 2.04 bits per heavy atom. The number of rotatable bonds is 8. The van der Waals surface area contributed by atoms with Crippen molar-refractivity contribution in [3.05, 3.63) is 35.9 Å². The molecule has 1 fully saturated rings. The topological polar surface area (TPSA) is 53.9 Å². The maximum Gasteiger partial charge on any atom is 0.305 e. The van der Waals surface area contributed by atoms with Gasteiger partial charge in [-0.15, -0.1) is 24.0 Å². The largest absolute Gasteiger partial charge is 0.469 e. The monoisotopic (exact) mass is 473 g/mol. The van der Waals surface area contributed by atoms with Crippen LogP contribution in [0.4, 0.5) is 0 Å². The molecule has 1 aliphatic rings. The van der Waals surface area contributed by atoms with Crippen LogP contribution in [0.15, 0.2) is 35.3 Å². The molecule has 0 bridgehead atoms. The molecule has 0 radical (unpaired) electrons. The molecular weight excluding hydrogens is 441 g/mol. The standard InChI is InChI=1S/C20H31N3O2.HI/c1-3-21-20(22-14-9-5-8-12-19(24)25-2)23-15-13-18(16-23)17-10-6-4-7-11-17;/h4,6-7,10-11,18H,3,5,8-9,12-16H2,1-2H3,(H,21,22);1H. The van der Waals surface area contributed by atoms with Gasteiger partial charge >= 0.3 is 5.97 Å². The van der Waals surface area contributed by atoms with Gasteiger partial charge in [-0.3, -0.25) is 9.79 Å². The number of guanidine groups is 1. The van der Waals surface area contributed by atoms with Crippen molar-refractivity contribution >= 4 is 35.9 Å². The third-order valence-electron chi connectivity index (χ3n) is 4.62. The minimum Gasteiger partial charge on any atom is -0.469 e. The Morgan fingerprint density at radius 3 is 2.73 bits per heavy atom. The predicted molar refractivity (Wildman–Crippen MR) is 117 cm³/mol. The van der Waals surface area contributed by atoms with Crippen molar-refractivity contribution < 1.29 is 9.53 Å². The number of nitrogens with one attached hydrogen (secondary N) is 1. The summed E-state index contributed by atoms with van der Waals surface area (Å²) in [5.74, 6) is 1.49. The van der Waals surface area contributed by atoms with Crippen LogP contribution in [-0.4, -0.2) is 50.1 Å². The van der Waals surface area contributed by atoms with Crippen molar-refractivity contribution in [2.24, 2.45) is 4.99 Å². The molecule has 26 heavy (non-hydrogen) atoms. The van der Waals surface area contributed by atoms with Crippen LogP contribution in [0.25, 0.3) is 0 Å². The van der Waals surface area contributed by atoms with E-state index >= 15 is 0 Å². The number of hydrogen-bond acceptors (Lipinski definition) is 3. The summed E-state index contributed by atoms with van der Waals surface area (Å²) in [6, 6.07) is 10.7. The number of aliphatic imine (C=N–C) groups is 1. The van der Waals surface area contributed by atoms with Crippen molar-refractivity contribution in [2.45, 2.75) is 44.9 Å². The summed E-state index contributed by atoms with van der Waals surface area (Å²) in [4.78, 5) is 18.2. The molecular formula is C20H32IN3O2. The number of ether oxygens (including phenoxy) is 1. The first-order valence-corrected chi connectivity index (χ1v) is 9.39. The quantitative estimate of drug-likeness (QED) is 0.205.